The van der Waals surface area contributed by atoms with E-state index in [4.69, 9.17) is 37.2 Å². The number of carboxylic acid groups (broad SMARTS) is 1. The first-order valence-electron chi connectivity index (χ1n) is 10.9. The highest BCUT2D eigenvalue weighted by atomic mass is 35.5. The maximum atomic E-state index is 12.6. The van der Waals surface area contributed by atoms with Crippen LogP contribution in [0.25, 0.3) is 0 Å². The van der Waals surface area contributed by atoms with Crippen LogP contribution < -0.4 is 10.6 Å². The molecule has 1 aromatic rings. The van der Waals surface area contributed by atoms with Gasteiger partial charge in [-0.15, -0.1) is 0 Å². The van der Waals surface area contributed by atoms with Crippen molar-refractivity contribution in [3.05, 3.63) is 33.8 Å². The van der Waals surface area contributed by atoms with Gasteiger partial charge in [-0.25, -0.2) is 0 Å². The number of halogens is 2. The molecule has 3 fully saturated rings. The Kier molecular flexibility index (Phi) is 7.21. The van der Waals surface area contributed by atoms with Gasteiger partial charge in [0.25, 0.3) is 5.91 Å². The molecule has 2 bridgehead atoms. The lowest BCUT2D eigenvalue weighted by Crippen LogP contribution is -2.51. The highest BCUT2D eigenvalue weighted by molar-refractivity contribution is 6.47. The van der Waals surface area contributed by atoms with Crippen LogP contribution >= 0.6 is 23.2 Å². The van der Waals surface area contributed by atoms with Gasteiger partial charge in [0.2, 0.25) is 5.91 Å². The summed E-state index contributed by atoms with van der Waals surface area (Å²) in [5.41, 5.74) is 0.175. The number of rotatable bonds is 8. The van der Waals surface area contributed by atoms with Crippen molar-refractivity contribution in [3.63, 3.8) is 0 Å². The number of hydrogen-bond donors (Lipinski definition) is 3. The van der Waals surface area contributed by atoms with Crippen molar-refractivity contribution < 1.29 is 33.5 Å². The summed E-state index contributed by atoms with van der Waals surface area (Å²) < 4.78 is 17.8. The number of benzene rings is 1. The fourth-order valence-electron chi connectivity index (χ4n) is 4.68. The molecule has 3 aliphatic heterocycles. The summed E-state index contributed by atoms with van der Waals surface area (Å²) in [5, 5.41) is 15.4. The Labute approximate surface area is 201 Å². The first-order chi connectivity index (χ1) is 15.6. The van der Waals surface area contributed by atoms with Gasteiger partial charge in [0, 0.05) is 5.02 Å². The van der Waals surface area contributed by atoms with Crippen LogP contribution in [0.1, 0.15) is 37.0 Å². The molecule has 3 saturated heterocycles. The number of ether oxygens (including phenoxy) is 1. The van der Waals surface area contributed by atoms with Crippen LogP contribution in [-0.4, -0.2) is 66.9 Å². The van der Waals surface area contributed by atoms with E-state index in [1.807, 2.05) is 13.8 Å². The Morgan fingerprint density at radius 2 is 1.91 bits per heavy atom. The van der Waals surface area contributed by atoms with Crippen LogP contribution in [0.15, 0.2) is 18.2 Å². The third kappa shape index (κ3) is 5.15. The van der Waals surface area contributed by atoms with Crippen LogP contribution in [0.3, 0.4) is 0 Å². The predicted octanol–water partition coefficient (Wildman–Crippen LogP) is 1.94. The summed E-state index contributed by atoms with van der Waals surface area (Å²) >= 11 is 12.0. The van der Waals surface area contributed by atoms with E-state index in [2.05, 4.69) is 10.6 Å². The number of amides is 2. The summed E-state index contributed by atoms with van der Waals surface area (Å²) in [7, 11) is -0.731. The Morgan fingerprint density at radius 3 is 2.61 bits per heavy atom. The molecule has 0 radical (unpaired) electrons. The second-order valence-corrected chi connectivity index (χ2v) is 9.84. The Bertz CT molecular complexity index is 949. The van der Waals surface area contributed by atoms with Crippen molar-refractivity contribution in [2.45, 2.75) is 57.0 Å². The Morgan fingerprint density at radius 1 is 1.18 bits per heavy atom. The number of carbonyl (C=O) groups excluding carboxylic acids is 2. The van der Waals surface area contributed by atoms with Gasteiger partial charge in [-0.3, -0.25) is 14.4 Å². The summed E-state index contributed by atoms with van der Waals surface area (Å²) in [5.74, 6) is -2.71. The van der Waals surface area contributed by atoms with E-state index >= 15 is 0 Å². The van der Waals surface area contributed by atoms with E-state index < -0.39 is 49.0 Å². The van der Waals surface area contributed by atoms with E-state index in [0.717, 1.165) is 0 Å². The standard InChI is InChI=1S/C21H25BCl2N2O7/c1-9(2)5-15(22-32-18-14-7-12(21(29)30)17(31-14)19(18)33-22)26-16(27)8-25-20(28)11-6-10(23)3-4-13(11)24/h3-4,6,9,12,14-15,17-19H,5,7-8H2,1-2H3,(H,25,28)(H,26,27)(H,29,30)/t12?,14?,15-,17?,18?,19?/m0/s1. The minimum absolute atomic E-state index is 0.175. The molecule has 5 unspecified atom stereocenters. The van der Waals surface area contributed by atoms with Crippen LogP contribution in [0.4, 0.5) is 0 Å². The van der Waals surface area contributed by atoms with Gasteiger partial charge in [0.15, 0.2) is 0 Å². The van der Waals surface area contributed by atoms with Crippen molar-refractivity contribution in [3.8, 4) is 0 Å². The van der Waals surface area contributed by atoms with Gasteiger partial charge in [-0.05, 0) is 37.0 Å². The lowest BCUT2D eigenvalue weighted by atomic mass is 9.74. The molecule has 33 heavy (non-hydrogen) atoms. The molecule has 12 heteroatoms. The minimum Gasteiger partial charge on any atom is -0.481 e. The fourth-order valence-corrected chi connectivity index (χ4v) is 5.05. The van der Waals surface area contributed by atoms with Crippen molar-refractivity contribution in [1.82, 2.24) is 10.6 Å². The number of aliphatic carboxylic acids is 1. The molecule has 0 aliphatic carbocycles. The van der Waals surface area contributed by atoms with Crippen LogP contribution in [0.2, 0.25) is 10.0 Å². The van der Waals surface area contributed by atoms with Crippen LogP contribution in [0, 0.1) is 11.8 Å². The zero-order valence-electron chi connectivity index (χ0n) is 18.1. The minimum atomic E-state index is -0.907. The summed E-state index contributed by atoms with van der Waals surface area (Å²) in [6, 6.07) is 4.50. The van der Waals surface area contributed by atoms with E-state index in [1.54, 1.807) is 6.07 Å². The highest BCUT2D eigenvalue weighted by Gasteiger charge is 2.63. The zero-order valence-corrected chi connectivity index (χ0v) is 19.6. The van der Waals surface area contributed by atoms with Crippen LogP contribution in [-0.2, 0) is 23.6 Å². The maximum absolute atomic E-state index is 12.6. The summed E-state index contributed by atoms with van der Waals surface area (Å²) in [6.07, 6.45) is -0.764. The summed E-state index contributed by atoms with van der Waals surface area (Å²) in [6.45, 7) is 3.74. The lowest BCUT2D eigenvalue weighted by molar-refractivity contribution is -0.144. The molecule has 0 aromatic heterocycles. The highest BCUT2D eigenvalue weighted by Crippen LogP contribution is 2.45. The average Bonchev–Trinajstić information content (AvgIpc) is 3.44. The Hall–Kier alpha value is -1.85. The molecule has 2 amide bonds. The first kappa shape index (κ1) is 24.3. The SMILES string of the molecule is CC(C)C[C@H](NC(=O)CNC(=O)c1cc(Cl)ccc1Cl)B1OC2C3CC(C(=O)O)C(O3)C2O1. The van der Waals surface area contributed by atoms with Gasteiger partial charge in [-0.1, -0.05) is 37.0 Å². The van der Waals surface area contributed by atoms with Crippen molar-refractivity contribution >= 4 is 48.1 Å². The van der Waals surface area contributed by atoms with Crippen LogP contribution in [0.5, 0.6) is 0 Å². The second kappa shape index (κ2) is 9.80. The molecule has 1 aromatic carbocycles. The molecular formula is C21H25BCl2N2O7. The molecule has 9 nitrogen and oxygen atoms in total. The predicted molar refractivity (Wildman–Crippen MR) is 120 cm³/mol. The van der Waals surface area contributed by atoms with Gasteiger partial charge in [0.05, 0.1) is 53.4 Å². The Balaban J connectivity index is 1.36. The number of carboxylic acids is 1. The van der Waals surface area contributed by atoms with E-state index in [9.17, 15) is 19.5 Å². The van der Waals surface area contributed by atoms with E-state index in [0.29, 0.717) is 17.9 Å². The number of fused-ring (bicyclic) bond motifs is 5. The third-order valence-electron chi connectivity index (χ3n) is 6.11. The topological polar surface area (TPSA) is 123 Å². The molecule has 3 aliphatic rings. The molecule has 6 atom stereocenters. The van der Waals surface area contributed by atoms with Gasteiger partial charge in [0.1, 0.15) is 0 Å². The molecule has 3 heterocycles. The maximum Gasteiger partial charge on any atom is 0.481 e. The molecule has 3 N–H and O–H groups in total. The molecular weight excluding hydrogens is 474 g/mol. The molecule has 0 spiro atoms. The van der Waals surface area contributed by atoms with Crippen molar-refractivity contribution in [2.75, 3.05) is 6.54 Å². The molecule has 4 rings (SSSR count). The zero-order chi connectivity index (χ0) is 23.9. The molecule has 178 valence electrons. The average molecular weight is 499 g/mol. The fraction of sp³-hybridized carbons (Fsp3) is 0.571. The van der Waals surface area contributed by atoms with E-state index in [1.165, 1.54) is 12.1 Å². The smallest absolute Gasteiger partial charge is 0.481 e. The van der Waals surface area contributed by atoms with Gasteiger partial charge < -0.3 is 29.8 Å². The first-order valence-corrected chi connectivity index (χ1v) is 11.6. The second-order valence-electron chi connectivity index (χ2n) is 9.00. The molecule has 0 saturated carbocycles. The normalized spacial score (nSPS) is 28.6. The van der Waals surface area contributed by atoms with Crippen molar-refractivity contribution in [2.24, 2.45) is 11.8 Å². The van der Waals surface area contributed by atoms with Gasteiger partial charge >= 0.3 is 13.1 Å². The van der Waals surface area contributed by atoms with Crippen molar-refractivity contribution in [1.29, 1.82) is 0 Å². The quantitative estimate of drug-likeness (QED) is 0.468. The van der Waals surface area contributed by atoms with E-state index in [-0.39, 0.29) is 35.3 Å². The summed E-state index contributed by atoms with van der Waals surface area (Å²) in [4.78, 5) is 36.5. The monoisotopic (exact) mass is 498 g/mol. The largest absolute Gasteiger partial charge is 0.481 e. The lowest BCUT2D eigenvalue weighted by Gasteiger charge is -2.24. The third-order valence-corrected chi connectivity index (χ3v) is 6.68. The number of hydrogen-bond acceptors (Lipinski definition) is 6. The number of carbonyl (C=O) groups is 3. The van der Waals surface area contributed by atoms with Gasteiger partial charge in [-0.2, -0.15) is 0 Å². The number of nitrogens with one attached hydrogen (secondary N) is 2.